The third-order valence-electron chi connectivity index (χ3n) is 2.70. The Morgan fingerprint density at radius 3 is 2.58 bits per heavy atom. The van der Waals surface area contributed by atoms with E-state index in [1.54, 1.807) is 19.2 Å². The number of amides is 1. The van der Waals surface area contributed by atoms with E-state index in [4.69, 9.17) is 22.1 Å². The molecule has 0 radical (unpaired) electrons. The molecule has 4 nitrogen and oxygen atoms in total. The normalized spacial score (nSPS) is 11.7. The summed E-state index contributed by atoms with van der Waals surface area (Å²) in [6.45, 7) is 4.23. The van der Waals surface area contributed by atoms with Crippen LogP contribution in [0.4, 0.5) is 0 Å². The predicted octanol–water partition coefficient (Wildman–Crippen LogP) is 2.37. The van der Waals surface area contributed by atoms with E-state index >= 15 is 0 Å². The quantitative estimate of drug-likeness (QED) is 0.878. The molecule has 3 N–H and O–H groups in total. The largest absolute Gasteiger partial charge is 0.495 e. The number of ether oxygens (including phenoxy) is 1. The monoisotopic (exact) mass is 306 g/mol. The Morgan fingerprint density at radius 1 is 1.47 bits per heavy atom. The summed E-state index contributed by atoms with van der Waals surface area (Å²) in [5, 5.41) is 3.31. The minimum atomic E-state index is -0.487. The van der Waals surface area contributed by atoms with Gasteiger partial charge in [0.2, 0.25) is 5.91 Å². The van der Waals surface area contributed by atoms with Crippen molar-refractivity contribution in [3.05, 3.63) is 28.8 Å². The summed E-state index contributed by atoms with van der Waals surface area (Å²) in [6, 6.07) is 4.90. The number of carbonyl (C=O) groups is 1. The van der Waals surface area contributed by atoms with Crippen molar-refractivity contribution in [2.24, 2.45) is 11.7 Å². The van der Waals surface area contributed by atoms with Crippen LogP contribution in [0.2, 0.25) is 5.02 Å². The second kappa shape index (κ2) is 8.25. The molecule has 19 heavy (non-hydrogen) atoms. The van der Waals surface area contributed by atoms with Crippen LogP contribution < -0.4 is 15.8 Å². The number of benzene rings is 1. The Kier molecular flexibility index (Phi) is 7.83. The smallest absolute Gasteiger partial charge is 0.237 e. The third kappa shape index (κ3) is 5.27. The first kappa shape index (κ1) is 18.0. The Bertz CT molecular complexity index is 425. The lowest BCUT2D eigenvalue weighted by Crippen LogP contribution is -2.43. The highest BCUT2D eigenvalue weighted by Crippen LogP contribution is 2.24. The van der Waals surface area contributed by atoms with Gasteiger partial charge in [0.25, 0.3) is 0 Å². The first-order chi connectivity index (χ1) is 8.45. The summed E-state index contributed by atoms with van der Waals surface area (Å²) in [7, 11) is 1.56. The molecule has 0 aromatic heterocycles. The molecular weight excluding hydrogens is 287 g/mol. The second-order valence-electron chi connectivity index (χ2n) is 4.46. The van der Waals surface area contributed by atoms with Gasteiger partial charge in [-0.25, -0.2) is 0 Å². The topological polar surface area (TPSA) is 64.3 Å². The standard InChI is InChI=1S/C13H19ClN2O2.ClH/c1-8(2)12(15)13(17)16-7-9-4-5-11(18-3)10(14)6-9;/h4-6,8,12H,7,15H2,1-3H3,(H,16,17);1H/t12-;/m0./s1. The second-order valence-corrected chi connectivity index (χ2v) is 4.86. The van der Waals surface area contributed by atoms with E-state index in [1.165, 1.54) is 0 Å². The first-order valence-electron chi connectivity index (χ1n) is 5.81. The molecule has 1 rings (SSSR count). The summed E-state index contributed by atoms with van der Waals surface area (Å²) in [5.74, 6) is 0.576. The van der Waals surface area contributed by atoms with Gasteiger partial charge in [0.1, 0.15) is 5.75 Å². The zero-order valence-corrected chi connectivity index (χ0v) is 12.8. The first-order valence-corrected chi connectivity index (χ1v) is 6.19. The van der Waals surface area contributed by atoms with Crippen molar-refractivity contribution < 1.29 is 9.53 Å². The van der Waals surface area contributed by atoms with Gasteiger partial charge in [-0.3, -0.25) is 4.79 Å². The summed E-state index contributed by atoms with van der Waals surface area (Å²) < 4.78 is 5.06. The number of carbonyl (C=O) groups excluding carboxylic acids is 1. The fourth-order valence-electron chi connectivity index (χ4n) is 1.43. The molecule has 0 aliphatic carbocycles. The molecule has 0 aliphatic heterocycles. The van der Waals surface area contributed by atoms with Crippen LogP contribution in [0.3, 0.4) is 0 Å². The lowest BCUT2D eigenvalue weighted by molar-refractivity contribution is -0.123. The van der Waals surface area contributed by atoms with Crippen molar-refractivity contribution in [1.29, 1.82) is 0 Å². The van der Waals surface area contributed by atoms with Gasteiger partial charge in [-0.1, -0.05) is 31.5 Å². The van der Waals surface area contributed by atoms with Gasteiger partial charge < -0.3 is 15.8 Å². The van der Waals surface area contributed by atoms with Crippen LogP contribution in [0.1, 0.15) is 19.4 Å². The Labute approximate surface area is 125 Å². The number of nitrogens with two attached hydrogens (primary N) is 1. The number of rotatable bonds is 5. The zero-order valence-electron chi connectivity index (χ0n) is 11.3. The van der Waals surface area contributed by atoms with Crippen molar-refractivity contribution in [2.75, 3.05) is 7.11 Å². The van der Waals surface area contributed by atoms with Gasteiger partial charge in [0, 0.05) is 6.54 Å². The molecule has 0 unspecified atom stereocenters. The summed E-state index contributed by atoms with van der Waals surface area (Å²) in [5.41, 5.74) is 6.65. The zero-order chi connectivity index (χ0) is 13.7. The molecule has 0 spiro atoms. The van der Waals surface area contributed by atoms with Crippen molar-refractivity contribution in [3.8, 4) is 5.75 Å². The van der Waals surface area contributed by atoms with E-state index in [1.807, 2.05) is 19.9 Å². The van der Waals surface area contributed by atoms with E-state index in [0.29, 0.717) is 17.3 Å². The molecule has 108 valence electrons. The van der Waals surface area contributed by atoms with E-state index in [9.17, 15) is 4.79 Å². The molecule has 0 saturated heterocycles. The lowest BCUT2D eigenvalue weighted by Gasteiger charge is -2.15. The van der Waals surface area contributed by atoms with Crippen molar-refractivity contribution in [1.82, 2.24) is 5.32 Å². The molecule has 1 aromatic rings. The van der Waals surface area contributed by atoms with Crippen molar-refractivity contribution in [2.45, 2.75) is 26.4 Å². The van der Waals surface area contributed by atoms with Gasteiger partial charge in [0.05, 0.1) is 18.2 Å². The van der Waals surface area contributed by atoms with Crippen LogP contribution in [0, 0.1) is 5.92 Å². The van der Waals surface area contributed by atoms with Crippen LogP contribution in [0.5, 0.6) is 5.75 Å². The van der Waals surface area contributed by atoms with Crippen LogP contribution in [-0.4, -0.2) is 19.1 Å². The van der Waals surface area contributed by atoms with Crippen molar-refractivity contribution in [3.63, 3.8) is 0 Å². The summed E-state index contributed by atoms with van der Waals surface area (Å²) in [6.07, 6.45) is 0. The highest BCUT2D eigenvalue weighted by Gasteiger charge is 2.16. The Hall–Kier alpha value is -0.970. The summed E-state index contributed by atoms with van der Waals surface area (Å²) >= 11 is 6.00. The van der Waals surface area contributed by atoms with Gasteiger partial charge in [-0.2, -0.15) is 0 Å². The molecule has 1 amide bonds. The van der Waals surface area contributed by atoms with Gasteiger partial charge in [-0.05, 0) is 23.6 Å². The maximum absolute atomic E-state index is 11.7. The molecule has 0 saturated carbocycles. The van der Waals surface area contributed by atoms with E-state index in [0.717, 1.165) is 5.56 Å². The van der Waals surface area contributed by atoms with Crippen LogP contribution >= 0.6 is 24.0 Å². The Morgan fingerprint density at radius 2 is 2.11 bits per heavy atom. The highest BCUT2D eigenvalue weighted by atomic mass is 35.5. The molecular formula is C13H20Cl2N2O2. The average molecular weight is 307 g/mol. The van der Waals surface area contributed by atoms with E-state index < -0.39 is 6.04 Å². The molecule has 0 aliphatic rings. The predicted molar refractivity (Wildman–Crippen MR) is 79.9 cm³/mol. The molecule has 0 bridgehead atoms. The fraction of sp³-hybridized carbons (Fsp3) is 0.462. The average Bonchev–Trinajstić information content (AvgIpc) is 2.35. The van der Waals surface area contributed by atoms with Gasteiger partial charge >= 0.3 is 0 Å². The maximum Gasteiger partial charge on any atom is 0.237 e. The number of methoxy groups -OCH3 is 1. The van der Waals surface area contributed by atoms with E-state index in [-0.39, 0.29) is 24.2 Å². The molecule has 0 fully saturated rings. The van der Waals surface area contributed by atoms with Crippen LogP contribution in [0.25, 0.3) is 0 Å². The third-order valence-corrected chi connectivity index (χ3v) is 3.00. The molecule has 0 heterocycles. The van der Waals surface area contributed by atoms with Crippen molar-refractivity contribution >= 4 is 29.9 Å². The minimum Gasteiger partial charge on any atom is -0.495 e. The summed E-state index contributed by atoms with van der Waals surface area (Å²) in [4.78, 5) is 11.7. The lowest BCUT2D eigenvalue weighted by atomic mass is 10.0. The molecule has 1 atom stereocenters. The molecule has 1 aromatic carbocycles. The molecule has 6 heteroatoms. The highest BCUT2D eigenvalue weighted by molar-refractivity contribution is 6.32. The number of nitrogens with one attached hydrogen (secondary N) is 1. The number of halogens is 2. The fourth-order valence-corrected chi connectivity index (χ4v) is 1.71. The van der Waals surface area contributed by atoms with Gasteiger partial charge in [-0.15, -0.1) is 12.4 Å². The number of hydrogen-bond donors (Lipinski definition) is 2. The van der Waals surface area contributed by atoms with E-state index in [2.05, 4.69) is 5.32 Å². The van der Waals surface area contributed by atoms with Gasteiger partial charge in [0.15, 0.2) is 0 Å². The Balaban J connectivity index is 0.00000324. The SMILES string of the molecule is COc1ccc(CNC(=O)[C@@H](N)C(C)C)cc1Cl.Cl. The maximum atomic E-state index is 11.7. The van der Waals surface area contributed by atoms with Crippen LogP contribution in [-0.2, 0) is 11.3 Å². The minimum absolute atomic E-state index is 0. The van der Waals surface area contributed by atoms with Crippen LogP contribution in [0.15, 0.2) is 18.2 Å². The number of hydrogen-bond acceptors (Lipinski definition) is 3.